The maximum Gasteiger partial charge on any atom is 0.312 e. The molecule has 2 N–H and O–H groups in total. The molecule has 1 atom stereocenters. The Labute approximate surface area is 160 Å². The maximum atomic E-state index is 12.5. The van der Waals surface area contributed by atoms with Gasteiger partial charge in [0, 0.05) is 19.0 Å². The van der Waals surface area contributed by atoms with E-state index in [4.69, 9.17) is 0 Å². The molecule has 142 valence electrons. The van der Waals surface area contributed by atoms with Gasteiger partial charge in [-0.3, -0.25) is 14.5 Å². The summed E-state index contributed by atoms with van der Waals surface area (Å²) in [6, 6.07) is 19.4. The first-order valence-corrected chi connectivity index (χ1v) is 9.45. The van der Waals surface area contributed by atoms with Gasteiger partial charge in [0.1, 0.15) is 0 Å². The summed E-state index contributed by atoms with van der Waals surface area (Å²) in [7, 11) is 0. The molecule has 1 saturated heterocycles. The molecule has 0 bridgehead atoms. The summed E-state index contributed by atoms with van der Waals surface area (Å²) in [6.07, 6.45) is 1.61. The van der Waals surface area contributed by atoms with Gasteiger partial charge in [0.15, 0.2) is 0 Å². The number of hydrogen-bond acceptors (Lipinski definition) is 3. The monoisotopic (exact) mass is 366 g/mol. The van der Waals surface area contributed by atoms with Gasteiger partial charge in [0.25, 0.3) is 0 Å². The second kappa shape index (κ2) is 9.33. The van der Waals surface area contributed by atoms with Crippen LogP contribution >= 0.6 is 0 Å². The van der Waals surface area contributed by atoms with Crippen LogP contribution in [0.15, 0.2) is 60.7 Å². The van der Waals surface area contributed by atoms with Gasteiger partial charge in [-0.1, -0.05) is 60.7 Å². The number of hydrogen-bond donors (Lipinski definition) is 2. The zero-order chi connectivity index (χ0) is 19.1. The van der Waals surface area contributed by atoms with E-state index in [9.17, 15) is 14.7 Å². The molecule has 5 heteroatoms. The highest BCUT2D eigenvalue weighted by atomic mass is 16.4. The van der Waals surface area contributed by atoms with Crippen molar-refractivity contribution < 1.29 is 14.7 Å². The number of benzene rings is 2. The Morgan fingerprint density at radius 1 is 1.00 bits per heavy atom. The molecule has 2 aromatic rings. The summed E-state index contributed by atoms with van der Waals surface area (Å²) in [5, 5.41) is 12.3. The number of piperidine rings is 1. The van der Waals surface area contributed by atoms with Gasteiger partial charge in [-0.25, -0.2) is 0 Å². The molecule has 0 aliphatic carbocycles. The van der Waals surface area contributed by atoms with Gasteiger partial charge < -0.3 is 10.4 Å². The van der Waals surface area contributed by atoms with E-state index in [2.05, 4.69) is 22.3 Å². The smallest absolute Gasteiger partial charge is 0.312 e. The third-order valence-corrected chi connectivity index (χ3v) is 5.19. The van der Waals surface area contributed by atoms with Crippen molar-refractivity contribution in [2.24, 2.45) is 5.92 Å². The number of carboxylic acid groups (broad SMARTS) is 1. The summed E-state index contributed by atoms with van der Waals surface area (Å²) >= 11 is 0. The summed E-state index contributed by atoms with van der Waals surface area (Å²) in [5.74, 6) is -1.70. The number of nitrogens with zero attached hydrogens (tertiary/aromatic N) is 1. The molecule has 0 saturated carbocycles. The predicted molar refractivity (Wildman–Crippen MR) is 104 cm³/mol. The molecule has 1 heterocycles. The molecule has 0 radical (unpaired) electrons. The topological polar surface area (TPSA) is 69.6 Å². The van der Waals surface area contributed by atoms with Crippen molar-refractivity contribution in [1.82, 2.24) is 10.2 Å². The van der Waals surface area contributed by atoms with E-state index < -0.39 is 11.9 Å². The lowest BCUT2D eigenvalue weighted by Gasteiger charge is -2.31. The summed E-state index contributed by atoms with van der Waals surface area (Å²) in [5.41, 5.74) is 2.00. The molecule has 5 nitrogen and oxygen atoms in total. The Morgan fingerprint density at radius 2 is 1.59 bits per heavy atom. The second-order valence-electron chi connectivity index (χ2n) is 7.08. The molecule has 1 aliphatic heterocycles. The van der Waals surface area contributed by atoms with E-state index in [-0.39, 0.29) is 18.4 Å². The summed E-state index contributed by atoms with van der Waals surface area (Å²) in [4.78, 5) is 26.4. The average Bonchev–Trinajstić information content (AvgIpc) is 2.70. The van der Waals surface area contributed by atoms with E-state index in [1.54, 1.807) is 12.1 Å². The largest absolute Gasteiger partial charge is 0.481 e. The molecule has 1 fully saturated rings. The molecule has 3 rings (SSSR count). The van der Waals surface area contributed by atoms with Crippen LogP contribution in [-0.4, -0.2) is 41.5 Å². The van der Waals surface area contributed by atoms with Gasteiger partial charge in [-0.05, 0) is 37.1 Å². The molecule has 1 amide bonds. The lowest BCUT2D eigenvalue weighted by Crippen LogP contribution is -2.41. The summed E-state index contributed by atoms with van der Waals surface area (Å²) < 4.78 is 0. The van der Waals surface area contributed by atoms with Crippen LogP contribution in [0, 0.1) is 5.92 Å². The predicted octanol–water partition coefficient (Wildman–Crippen LogP) is 2.88. The minimum Gasteiger partial charge on any atom is -0.481 e. The maximum absolute atomic E-state index is 12.5. The van der Waals surface area contributed by atoms with E-state index in [0.29, 0.717) is 5.56 Å². The lowest BCUT2D eigenvalue weighted by molar-refractivity contribution is -0.138. The molecule has 1 unspecified atom stereocenters. The van der Waals surface area contributed by atoms with Gasteiger partial charge in [-0.15, -0.1) is 0 Å². The number of carbonyl (C=O) groups excluding carboxylic acids is 1. The third kappa shape index (κ3) is 5.41. The van der Waals surface area contributed by atoms with Crippen LogP contribution in [0.4, 0.5) is 0 Å². The zero-order valence-corrected chi connectivity index (χ0v) is 15.4. The minimum atomic E-state index is -0.917. The van der Waals surface area contributed by atoms with Gasteiger partial charge >= 0.3 is 5.97 Å². The first-order chi connectivity index (χ1) is 13.1. The van der Waals surface area contributed by atoms with Gasteiger partial charge in [0.2, 0.25) is 5.91 Å². The Balaban J connectivity index is 1.47. The second-order valence-corrected chi connectivity index (χ2v) is 7.08. The van der Waals surface area contributed by atoms with Crippen LogP contribution in [0.1, 0.15) is 29.9 Å². The van der Waals surface area contributed by atoms with Crippen molar-refractivity contribution in [2.45, 2.75) is 25.3 Å². The number of carboxylic acids is 1. The lowest BCUT2D eigenvalue weighted by atomic mass is 9.94. The van der Waals surface area contributed by atoms with Crippen molar-refractivity contribution in [3.8, 4) is 0 Å². The number of likely N-dealkylation sites (tertiary alicyclic amines) is 1. The van der Waals surface area contributed by atoms with E-state index in [1.165, 1.54) is 5.56 Å². The van der Waals surface area contributed by atoms with Crippen LogP contribution in [-0.2, 0) is 16.1 Å². The van der Waals surface area contributed by atoms with Crippen molar-refractivity contribution in [1.29, 1.82) is 0 Å². The summed E-state index contributed by atoms with van der Waals surface area (Å²) in [6.45, 7) is 2.80. The third-order valence-electron chi connectivity index (χ3n) is 5.19. The molecular weight excluding hydrogens is 340 g/mol. The van der Waals surface area contributed by atoms with Crippen molar-refractivity contribution in [3.05, 3.63) is 71.8 Å². The normalized spacial score (nSPS) is 16.6. The quantitative estimate of drug-likeness (QED) is 0.791. The number of nitrogens with one attached hydrogen (secondary N) is 1. The Kier molecular flexibility index (Phi) is 6.60. The number of amides is 1. The first kappa shape index (κ1) is 19.1. The van der Waals surface area contributed by atoms with Crippen LogP contribution in [0.5, 0.6) is 0 Å². The fourth-order valence-electron chi connectivity index (χ4n) is 3.57. The van der Waals surface area contributed by atoms with Crippen LogP contribution in [0.2, 0.25) is 0 Å². The Hall–Kier alpha value is -2.66. The van der Waals surface area contributed by atoms with E-state index >= 15 is 0 Å². The Bertz CT molecular complexity index is 741. The standard InChI is InChI=1S/C22H26N2O3/c25-21(23-15-20(22(26)27)18-9-5-2-6-10-18)19-11-13-24(14-12-19)16-17-7-3-1-4-8-17/h1-10,19-20H,11-16H2,(H,23,25)(H,26,27). The molecule has 1 aliphatic rings. The van der Waals surface area contributed by atoms with Gasteiger partial charge in [-0.2, -0.15) is 0 Å². The fourth-order valence-corrected chi connectivity index (χ4v) is 3.57. The number of carbonyl (C=O) groups is 2. The Morgan fingerprint density at radius 3 is 2.19 bits per heavy atom. The average molecular weight is 366 g/mol. The molecule has 0 spiro atoms. The molecule has 2 aromatic carbocycles. The van der Waals surface area contributed by atoms with Crippen molar-refractivity contribution in [2.75, 3.05) is 19.6 Å². The van der Waals surface area contributed by atoms with E-state index in [1.807, 2.05) is 36.4 Å². The number of aliphatic carboxylic acids is 1. The zero-order valence-electron chi connectivity index (χ0n) is 15.4. The van der Waals surface area contributed by atoms with Crippen molar-refractivity contribution in [3.63, 3.8) is 0 Å². The van der Waals surface area contributed by atoms with Crippen LogP contribution in [0.3, 0.4) is 0 Å². The first-order valence-electron chi connectivity index (χ1n) is 9.45. The highest BCUT2D eigenvalue weighted by Gasteiger charge is 2.27. The minimum absolute atomic E-state index is 0.0310. The fraction of sp³-hybridized carbons (Fsp3) is 0.364. The highest BCUT2D eigenvalue weighted by Crippen LogP contribution is 2.20. The van der Waals surface area contributed by atoms with Crippen LogP contribution in [0.25, 0.3) is 0 Å². The highest BCUT2D eigenvalue weighted by molar-refractivity contribution is 5.81. The molecule has 27 heavy (non-hydrogen) atoms. The number of rotatable bonds is 7. The molecular formula is C22H26N2O3. The van der Waals surface area contributed by atoms with Crippen LogP contribution < -0.4 is 5.32 Å². The molecule has 0 aromatic heterocycles. The van der Waals surface area contributed by atoms with Crippen molar-refractivity contribution >= 4 is 11.9 Å². The SMILES string of the molecule is O=C(NCC(C(=O)O)c1ccccc1)C1CCN(Cc2ccccc2)CC1. The van der Waals surface area contributed by atoms with E-state index in [0.717, 1.165) is 32.5 Å². The van der Waals surface area contributed by atoms with Gasteiger partial charge in [0.05, 0.1) is 5.92 Å².